The van der Waals surface area contributed by atoms with Crippen molar-refractivity contribution in [2.24, 2.45) is 5.73 Å². The molecule has 1 atom stereocenters. The van der Waals surface area contributed by atoms with E-state index in [9.17, 15) is 9.59 Å². The number of nitrogens with one attached hydrogen (secondary N) is 1. The third-order valence-electron chi connectivity index (χ3n) is 4.12. The Kier molecular flexibility index (Phi) is 3.99. The molecular weight excluding hydrogens is 320 g/mol. The second-order valence-corrected chi connectivity index (χ2v) is 6.25. The van der Waals surface area contributed by atoms with Gasteiger partial charge < -0.3 is 16.2 Å². The van der Waals surface area contributed by atoms with Crippen LogP contribution in [0.15, 0.2) is 23.0 Å². The van der Waals surface area contributed by atoms with Gasteiger partial charge in [0.05, 0.1) is 22.0 Å². The van der Waals surface area contributed by atoms with Crippen LogP contribution in [0, 0.1) is 0 Å². The lowest BCUT2D eigenvalue weighted by Crippen LogP contribution is -2.47. The monoisotopic (exact) mass is 336 g/mol. The van der Waals surface area contributed by atoms with Crippen LogP contribution >= 0.6 is 11.6 Å². The van der Waals surface area contributed by atoms with Crippen LogP contribution in [0.4, 0.5) is 4.79 Å². The molecule has 1 amide bonds. The lowest BCUT2D eigenvalue weighted by Gasteiger charge is -2.37. The van der Waals surface area contributed by atoms with Crippen molar-refractivity contribution >= 4 is 28.6 Å². The summed E-state index contributed by atoms with van der Waals surface area (Å²) >= 11 is 6.15. The first kappa shape index (κ1) is 15.8. The van der Waals surface area contributed by atoms with Gasteiger partial charge in [-0.25, -0.2) is 9.78 Å². The van der Waals surface area contributed by atoms with Gasteiger partial charge in [0.2, 0.25) is 0 Å². The Morgan fingerprint density at radius 1 is 1.52 bits per heavy atom. The number of rotatable bonds is 3. The van der Waals surface area contributed by atoms with Gasteiger partial charge in [-0.15, -0.1) is 0 Å². The summed E-state index contributed by atoms with van der Waals surface area (Å²) in [5, 5.41) is 11.9. The number of carboxylic acid groups (broad SMARTS) is 1. The summed E-state index contributed by atoms with van der Waals surface area (Å²) in [6.07, 6.45) is 0.000496. The highest BCUT2D eigenvalue weighted by atomic mass is 35.5. The summed E-state index contributed by atoms with van der Waals surface area (Å²) in [5.41, 5.74) is 6.27. The Balaban J connectivity index is 2.07. The van der Waals surface area contributed by atoms with Crippen molar-refractivity contribution in [1.29, 1.82) is 0 Å². The molecule has 1 aromatic heterocycles. The molecular formula is C15H17ClN4O3. The Morgan fingerprint density at radius 3 is 2.83 bits per heavy atom. The predicted octanol–water partition coefficient (Wildman–Crippen LogP) is 2.04. The van der Waals surface area contributed by atoms with E-state index in [2.05, 4.69) is 10.3 Å². The fraction of sp³-hybridized carbons (Fsp3) is 0.400. The lowest BCUT2D eigenvalue weighted by molar-refractivity contribution is 0.165. The minimum Gasteiger partial charge on any atom is -0.465 e. The first-order valence-electron chi connectivity index (χ1n) is 7.34. The summed E-state index contributed by atoms with van der Waals surface area (Å²) in [7, 11) is 0. The molecule has 1 saturated carbocycles. The average molecular weight is 337 g/mol. The molecule has 0 saturated heterocycles. The van der Waals surface area contributed by atoms with Crippen LogP contribution in [0.25, 0.3) is 10.9 Å². The van der Waals surface area contributed by atoms with Gasteiger partial charge in [-0.05, 0) is 31.9 Å². The first-order valence-corrected chi connectivity index (χ1v) is 7.72. The highest BCUT2D eigenvalue weighted by Gasteiger charge is 2.34. The maximum atomic E-state index is 12.9. The molecule has 1 aliphatic rings. The maximum Gasteiger partial charge on any atom is 0.404 e. The third-order valence-corrected chi connectivity index (χ3v) is 4.43. The van der Waals surface area contributed by atoms with Gasteiger partial charge in [0.15, 0.2) is 0 Å². The summed E-state index contributed by atoms with van der Waals surface area (Å²) < 4.78 is 1.57. The van der Waals surface area contributed by atoms with E-state index in [-0.39, 0.29) is 17.6 Å². The van der Waals surface area contributed by atoms with Crippen LogP contribution in [0.3, 0.4) is 0 Å². The van der Waals surface area contributed by atoms with E-state index in [4.69, 9.17) is 22.4 Å². The summed E-state index contributed by atoms with van der Waals surface area (Å²) in [6, 6.07) is 4.41. The van der Waals surface area contributed by atoms with E-state index >= 15 is 0 Å². The van der Waals surface area contributed by atoms with Gasteiger partial charge in [0, 0.05) is 12.1 Å². The zero-order valence-electron chi connectivity index (χ0n) is 12.5. The normalized spacial score (nSPS) is 21.7. The summed E-state index contributed by atoms with van der Waals surface area (Å²) in [6.45, 7) is 1.76. The smallest absolute Gasteiger partial charge is 0.404 e. The van der Waals surface area contributed by atoms with Gasteiger partial charge in [0.25, 0.3) is 5.56 Å². The van der Waals surface area contributed by atoms with E-state index < -0.39 is 12.1 Å². The number of halogens is 1. The van der Waals surface area contributed by atoms with E-state index in [1.165, 1.54) is 0 Å². The van der Waals surface area contributed by atoms with Gasteiger partial charge in [-0.3, -0.25) is 9.36 Å². The first-order chi connectivity index (χ1) is 10.9. The Hall–Kier alpha value is -2.12. The molecule has 0 bridgehead atoms. The molecule has 122 valence electrons. The molecule has 1 heterocycles. The number of hydrogen-bond acceptors (Lipinski definition) is 4. The van der Waals surface area contributed by atoms with Crippen LogP contribution in [0.1, 0.15) is 37.7 Å². The Labute approximate surface area is 137 Å². The second-order valence-electron chi connectivity index (χ2n) is 5.84. The molecule has 7 nitrogen and oxygen atoms in total. The zero-order valence-corrected chi connectivity index (χ0v) is 13.2. The Morgan fingerprint density at radius 2 is 2.22 bits per heavy atom. The predicted molar refractivity (Wildman–Crippen MR) is 86.8 cm³/mol. The largest absolute Gasteiger partial charge is 0.465 e. The van der Waals surface area contributed by atoms with Crippen molar-refractivity contribution in [3.8, 4) is 0 Å². The number of nitrogens with two attached hydrogens (primary N) is 1. The number of nitrogens with zero attached hydrogens (tertiary/aromatic N) is 2. The minimum absolute atomic E-state index is 0.131. The number of benzene rings is 1. The molecule has 1 fully saturated rings. The number of carbonyl (C=O) groups is 1. The minimum atomic E-state index is -1.06. The SMILES string of the molecule is CC(N)c1nc2cccc(Cl)c2c(=O)n1C1CC(NC(=O)O)C1. The second kappa shape index (κ2) is 5.82. The van der Waals surface area contributed by atoms with Crippen LogP contribution in [-0.4, -0.2) is 26.8 Å². The molecule has 3 rings (SSSR count). The Bertz CT molecular complexity index is 827. The topological polar surface area (TPSA) is 110 Å². The lowest BCUT2D eigenvalue weighted by atomic mass is 9.86. The van der Waals surface area contributed by atoms with E-state index in [1.54, 1.807) is 29.7 Å². The highest BCUT2D eigenvalue weighted by molar-refractivity contribution is 6.35. The van der Waals surface area contributed by atoms with Gasteiger partial charge >= 0.3 is 6.09 Å². The number of amides is 1. The van der Waals surface area contributed by atoms with Crippen molar-refractivity contribution in [1.82, 2.24) is 14.9 Å². The molecule has 0 spiro atoms. The van der Waals surface area contributed by atoms with Crippen molar-refractivity contribution < 1.29 is 9.90 Å². The van der Waals surface area contributed by atoms with E-state index in [0.717, 1.165) is 0 Å². The molecule has 23 heavy (non-hydrogen) atoms. The van der Waals surface area contributed by atoms with Crippen LogP contribution < -0.4 is 16.6 Å². The molecule has 2 aromatic rings. The molecule has 4 N–H and O–H groups in total. The molecule has 1 aromatic carbocycles. The van der Waals surface area contributed by atoms with Crippen molar-refractivity contribution in [2.45, 2.75) is 37.9 Å². The average Bonchev–Trinajstić information content (AvgIpc) is 2.42. The van der Waals surface area contributed by atoms with Gasteiger partial charge in [-0.2, -0.15) is 0 Å². The third kappa shape index (κ3) is 2.77. The summed E-state index contributed by atoms with van der Waals surface area (Å²) in [5.74, 6) is 0.489. The summed E-state index contributed by atoms with van der Waals surface area (Å²) in [4.78, 5) is 28.1. The molecule has 0 aliphatic heterocycles. The maximum absolute atomic E-state index is 12.9. The fourth-order valence-electron chi connectivity index (χ4n) is 2.98. The quantitative estimate of drug-likeness (QED) is 0.794. The standard InChI is InChI=1S/C15H17ClN4O3/c1-7(17)13-19-11-4-2-3-10(16)12(11)14(21)20(13)9-5-8(6-9)18-15(22)23/h2-4,7-9,18H,5-6,17H2,1H3,(H,22,23). The fourth-order valence-corrected chi connectivity index (χ4v) is 3.23. The van der Waals surface area contributed by atoms with Crippen molar-refractivity contribution in [3.05, 3.63) is 39.4 Å². The van der Waals surface area contributed by atoms with Crippen LogP contribution in [0.5, 0.6) is 0 Å². The van der Waals surface area contributed by atoms with Crippen molar-refractivity contribution in [2.75, 3.05) is 0 Å². The van der Waals surface area contributed by atoms with Crippen LogP contribution in [-0.2, 0) is 0 Å². The number of hydrogen-bond donors (Lipinski definition) is 3. The van der Waals surface area contributed by atoms with Gasteiger partial charge in [-0.1, -0.05) is 17.7 Å². The molecule has 1 aliphatic carbocycles. The number of fused-ring (bicyclic) bond motifs is 1. The van der Waals surface area contributed by atoms with E-state index in [1.807, 2.05) is 0 Å². The van der Waals surface area contributed by atoms with Gasteiger partial charge in [0.1, 0.15) is 5.82 Å². The van der Waals surface area contributed by atoms with Crippen molar-refractivity contribution in [3.63, 3.8) is 0 Å². The zero-order chi connectivity index (χ0) is 16.7. The number of aromatic nitrogens is 2. The van der Waals surface area contributed by atoms with E-state index in [0.29, 0.717) is 34.6 Å². The highest BCUT2D eigenvalue weighted by Crippen LogP contribution is 2.33. The van der Waals surface area contributed by atoms with Crippen LogP contribution in [0.2, 0.25) is 5.02 Å². The molecule has 0 radical (unpaired) electrons. The molecule has 1 unspecified atom stereocenters. The molecule has 8 heteroatoms.